The van der Waals surface area contributed by atoms with Crippen molar-refractivity contribution in [1.29, 1.82) is 0 Å². The van der Waals surface area contributed by atoms with Crippen LogP contribution in [-0.4, -0.2) is 17.6 Å². The van der Waals surface area contributed by atoms with E-state index in [1.807, 2.05) is 48.6 Å². The van der Waals surface area contributed by atoms with Crippen molar-refractivity contribution in [2.75, 3.05) is 11.4 Å². The number of amides is 1. The summed E-state index contributed by atoms with van der Waals surface area (Å²) >= 11 is 0. The topological polar surface area (TPSA) is 40.5 Å². The maximum atomic E-state index is 12.4. The van der Waals surface area contributed by atoms with Crippen molar-refractivity contribution in [3.8, 4) is 5.75 Å². The number of aromatic hydroxyl groups is 1. The zero-order chi connectivity index (χ0) is 16.9. The van der Waals surface area contributed by atoms with E-state index >= 15 is 0 Å². The summed E-state index contributed by atoms with van der Waals surface area (Å²) in [6.07, 6.45) is 7.56. The minimum atomic E-state index is 0.121. The van der Waals surface area contributed by atoms with Crippen LogP contribution in [0.25, 0.3) is 6.08 Å². The number of hydrogen-bond donors (Lipinski definition) is 1. The molecule has 0 radical (unpaired) electrons. The van der Waals surface area contributed by atoms with Crippen LogP contribution < -0.4 is 4.90 Å². The first-order chi connectivity index (χ1) is 11.7. The second kappa shape index (κ2) is 7.18. The van der Waals surface area contributed by atoms with Gasteiger partial charge in [-0.3, -0.25) is 4.79 Å². The van der Waals surface area contributed by atoms with Gasteiger partial charge in [-0.1, -0.05) is 48.6 Å². The lowest BCUT2D eigenvalue weighted by Gasteiger charge is -2.30. The maximum absolute atomic E-state index is 12.4. The van der Waals surface area contributed by atoms with Crippen LogP contribution in [0.4, 0.5) is 5.69 Å². The van der Waals surface area contributed by atoms with Gasteiger partial charge in [0.2, 0.25) is 5.91 Å². The summed E-state index contributed by atoms with van der Waals surface area (Å²) in [4.78, 5) is 14.2. The Hall–Kier alpha value is -2.81. The number of phenolic OH excluding ortho intramolecular Hbond substituents is 1. The molecule has 0 unspecified atom stereocenters. The predicted octanol–water partition coefficient (Wildman–Crippen LogP) is 4.11. The molecule has 1 N–H and O–H groups in total. The lowest BCUT2D eigenvalue weighted by atomic mass is 9.93. The standard InChI is InChI=1S/C21H21NO2/c1-2-7-18-17-11-14-21(24)22(19(17)12-13-20(18)23)15-6-10-16-8-4-3-5-9-16/h2-6,8-10,12-13,23H,1,7,11,14-15H2. The van der Waals surface area contributed by atoms with Gasteiger partial charge < -0.3 is 10.0 Å². The monoisotopic (exact) mass is 319 g/mol. The molecule has 24 heavy (non-hydrogen) atoms. The number of nitrogens with zero attached hydrogens (tertiary/aromatic N) is 1. The van der Waals surface area contributed by atoms with E-state index in [0.717, 1.165) is 22.4 Å². The Morgan fingerprint density at radius 3 is 2.67 bits per heavy atom. The van der Waals surface area contributed by atoms with Crippen LogP contribution in [0, 0.1) is 0 Å². The minimum Gasteiger partial charge on any atom is -0.508 e. The van der Waals surface area contributed by atoms with Crippen LogP contribution in [0.15, 0.2) is 61.2 Å². The van der Waals surface area contributed by atoms with Crippen molar-refractivity contribution in [2.24, 2.45) is 0 Å². The van der Waals surface area contributed by atoms with Crippen molar-refractivity contribution in [3.05, 3.63) is 77.9 Å². The van der Waals surface area contributed by atoms with E-state index in [4.69, 9.17) is 0 Å². The van der Waals surface area contributed by atoms with E-state index in [1.54, 1.807) is 17.0 Å². The number of carbonyl (C=O) groups is 1. The van der Waals surface area contributed by atoms with E-state index < -0.39 is 0 Å². The molecule has 3 rings (SSSR count). The first kappa shape index (κ1) is 16.1. The van der Waals surface area contributed by atoms with E-state index in [-0.39, 0.29) is 11.7 Å². The first-order valence-electron chi connectivity index (χ1n) is 8.17. The number of benzene rings is 2. The highest BCUT2D eigenvalue weighted by Gasteiger charge is 2.26. The van der Waals surface area contributed by atoms with E-state index in [0.29, 0.717) is 25.8 Å². The van der Waals surface area contributed by atoms with Gasteiger partial charge in [-0.05, 0) is 36.1 Å². The van der Waals surface area contributed by atoms with Crippen molar-refractivity contribution in [3.63, 3.8) is 0 Å². The zero-order valence-electron chi connectivity index (χ0n) is 13.6. The molecule has 0 saturated carbocycles. The third-order valence-corrected chi connectivity index (χ3v) is 4.31. The summed E-state index contributed by atoms with van der Waals surface area (Å²) in [5.74, 6) is 0.401. The number of carbonyl (C=O) groups excluding carboxylic acids is 1. The third kappa shape index (κ3) is 3.25. The number of anilines is 1. The van der Waals surface area contributed by atoms with Crippen LogP contribution in [0.5, 0.6) is 5.75 Å². The average molecular weight is 319 g/mol. The van der Waals surface area contributed by atoms with Crippen molar-refractivity contribution >= 4 is 17.7 Å². The molecular formula is C21H21NO2. The molecule has 1 aliphatic heterocycles. The molecular weight excluding hydrogens is 298 g/mol. The smallest absolute Gasteiger partial charge is 0.227 e. The molecule has 2 aromatic rings. The minimum absolute atomic E-state index is 0.121. The molecule has 0 saturated heterocycles. The SMILES string of the molecule is C=CCc1c(O)ccc2c1CCC(=O)N2CC=Cc1ccccc1. The Morgan fingerprint density at radius 2 is 1.92 bits per heavy atom. The molecule has 0 spiro atoms. The van der Waals surface area contributed by atoms with Gasteiger partial charge in [0.05, 0.1) is 0 Å². The molecule has 1 aliphatic rings. The highest BCUT2D eigenvalue weighted by atomic mass is 16.3. The average Bonchev–Trinajstić information content (AvgIpc) is 2.60. The van der Waals surface area contributed by atoms with Gasteiger partial charge in [-0.15, -0.1) is 6.58 Å². The highest BCUT2D eigenvalue weighted by Crippen LogP contribution is 2.35. The lowest BCUT2D eigenvalue weighted by molar-refractivity contribution is -0.118. The van der Waals surface area contributed by atoms with Crippen molar-refractivity contribution < 1.29 is 9.90 Å². The molecule has 0 fully saturated rings. The normalized spacial score (nSPS) is 14.0. The quantitative estimate of drug-likeness (QED) is 0.842. The summed E-state index contributed by atoms with van der Waals surface area (Å²) in [6, 6.07) is 13.5. The molecule has 3 nitrogen and oxygen atoms in total. The summed E-state index contributed by atoms with van der Waals surface area (Å²) in [5.41, 5.74) is 3.95. The second-order valence-corrected chi connectivity index (χ2v) is 5.87. The number of fused-ring (bicyclic) bond motifs is 1. The van der Waals surface area contributed by atoms with Gasteiger partial charge in [-0.25, -0.2) is 0 Å². The molecule has 122 valence electrons. The molecule has 3 heteroatoms. The second-order valence-electron chi connectivity index (χ2n) is 5.87. The maximum Gasteiger partial charge on any atom is 0.227 e. The molecule has 0 bridgehead atoms. The largest absolute Gasteiger partial charge is 0.508 e. The summed E-state index contributed by atoms with van der Waals surface area (Å²) < 4.78 is 0. The van der Waals surface area contributed by atoms with Gasteiger partial charge >= 0.3 is 0 Å². The van der Waals surface area contributed by atoms with Crippen molar-refractivity contribution in [1.82, 2.24) is 0 Å². The molecule has 0 aromatic heterocycles. The fourth-order valence-electron chi connectivity index (χ4n) is 3.13. The first-order valence-corrected chi connectivity index (χ1v) is 8.17. The van der Waals surface area contributed by atoms with Crippen LogP contribution >= 0.6 is 0 Å². The van der Waals surface area contributed by atoms with E-state index in [1.165, 1.54) is 0 Å². The highest BCUT2D eigenvalue weighted by molar-refractivity contribution is 5.97. The zero-order valence-corrected chi connectivity index (χ0v) is 13.6. The predicted molar refractivity (Wildman–Crippen MR) is 98.2 cm³/mol. The molecule has 1 amide bonds. The lowest BCUT2D eigenvalue weighted by Crippen LogP contribution is -2.35. The fraction of sp³-hybridized carbons (Fsp3) is 0.190. The van der Waals surface area contributed by atoms with E-state index in [2.05, 4.69) is 6.58 Å². The van der Waals surface area contributed by atoms with Gasteiger partial charge in [-0.2, -0.15) is 0 Å². The Balaban J connectivity index is 1.87. The van der Waals surface area contributed by atoms with Gasteiger partial charge in [0.25, 0.3) is 0 Å². The van der Waals surface area contributed by atoms with Gasteiger partial charge in [0.1, 0.15) is 5.75 Å². The summed E-state index contributed by atoms with van der Waals surface area (Å²) in [5, 5.41) is 10.1. The molecule has 0 aliphatic carbocycles. The Bertz CT molecular complexity index is 778. The van der Waals surface area contributed by atoms with Crippen LogP contribution in [0.1, 0.15) is 23.1 Å². The Morgan fingerprint density at radius 1 is 1.12 bits per heavy atom. The number of rotatable bonds is 5. The van der Waals surface area contributed by atoms with Gasteiger partial charge in [0.15, 0.2) is 0 Å². The van der Waals surface area contributed by atoms with Crippen LogP contribution in [0.2, 0.25) is 0 Å². The van der Waals surface area contributed by atoms with Crippen LogP contribution in [-0.2, 0) is 17.6 Å². The number of hydrogen-bond acceptors (Lipinski definition) is 2. The summed E-state index contributed by atoms with van der Waals surface area (Å²) in [6.45, 7) is 4.29. The summed E-state index contributed by atoms with van der Waals surface area (Å²) in [7, 11) is 0. The van der Waals surface area contributed by atoms with E-state index in [9.17, 15) is 9.90 Å². The molecule has 1 heterocycles. The Labute approximate surface area is 142 Å². The Kier molecular flexibility index (Phi) is 4.80. The number of allylic oxidation sites excluding steroid dienone is 1. The third-order valence-electron chi connectivity index (χ3n) is 4.31. The van der Waals surface area contributed by atoms with Crippen molar-refractivity contribution in [2.45, 2.75) is 19.3 Å². The molecule has 2 aromatic carbocycles. The van der Waals surface area contributed by atoms with Crippen LogP contribution in [0.3, 0.4) is 0 Å². The number of phenols is 1. The fourth-order valence-corrected chi connectivity index (χ4v) is 3.13. The molecule has 0 atom stereocenters. The van der Waals surface area contributed by atoms with Gasteiger partial charge in [0, 0.05) is 24.2 Å².